The lowest BCUT2D eigenvalue weighted by atomic mass is 10.1. The molecule has 0 N–H and O–H groups in total. The number of nitrogens with zero attached hydrogens (tertiary/aromatic N) is 5. The molecule has 0 radical (unpaired) electrons. The molecule has 0 amide bonds. The Morgan fingerprint density at radius 1 is 1.47 bits per heavy atom. The zero-order valence-electron chi connectivity index (χ0n) is 8.96. The highest BCUT2D eigenvalue weighted by Crippen LogP contribution is 2.19. The molecule has 0 saturated heterocycles. The SMILES string of the molecule is Cn1nnn(-c2cccc(C#N)c2CBr)c1=O. The topological polar surface area (TPSA) is 76.5 Å². The molecular formula is C10H8BrN5O. The molecule has 86 valence electrons. The summed E-state index contributed by atoms with van der Waals surface area (Å²) < 4.78 is 2.31. The van der Waals surface area contributed by atoms with E-state index in [0.29, 0.717) is 16.6 Å². The van der Waals surface area contributed by atoms with Crippen molar-refractivity contribution >= 4 is 15.9 Å². The number of halogens is 1. The van der Waals surface area contributed by atoms with Crippen LogP contribution in [-0.4, -0.2) is 19.8 Å². The Kier molecular flexibility index (Phi) is 3.06. The first kappa shape index (κ1) is 11.5. The van der Waals surface area contributed by atoms with E-state index >= 15 is 0 Å². The molecular weight excluding hydrogens is 286 g/mol. The number of alkyl halides is 1. The van der Waals surface area contributed by atoms with Crippen molar-refractivity contribution in [3.05, 3.63) is 39.8 Å². The maximum atomic E-state index is 11.7. The average Bonchev–Trinajstić information content (AvgIpc) is 2.69. The van der Waals surface area contributed by atoms with E-state index < -0.39 is 0 Å². The molecule has 7 heteroatoms. The van der Waals surface area contributed by atoms with Gasteiger partial charge in [0.15, 0.2) is 0 Å². The first-order valence-electron chi connectivity index (χ1n) is 4.76. The molecule has 0 aliphatic heterocycles. The summed E-state index contributed by atoms with van der Waals surface area (Å²) in [6.45, 7) is 0. The Balaban J connectivity index is 2.73. The third-order valence-corrected chi connectivity index (χ3v) is 2.92. The van der Waals surface area contributed by atoms with Gasteiger partial charge >= 0.3 is 5.69 Å². The van der Waals surface area contributed by atoms with Crippen LogP contribution in [-0.2, 0) is 12.4 Å². The molecule has 0 saturated carbocycles. The van der Waals surface area contributed by atoms with Crippen molar-refractivity contribution in [2.75, 3.05) is 0 Å². The van der Waals surface area contributed by atoms with Gasteiger partial charge in [0.1, 0.15) is 0 Å². The van der Waals surface area contributed by atoms with Crippen molar-refractivity contribution in [3.63, 3.8) is 0 Å². The number of tetrazole rings is 1. The van der Waals surface area contributed by atoms with Gasteiger partial charge < -0.3 is 0 Å². The molecule has 0 aliphatic carbocycles. The van der Waals surface area contributed by atoms with Crippen LogP contribution in [0.25, 0.3) is 5.69 Å². The van der Waals surface area contributed by atoms with Crippen molar-refractivity contribution in [1.82, 2.24) is 19.8 Å². The second-order valence-electron chi connectivity index (χ2n) is 3.35. The van der Waals surface area contributed by atoms with Gasteiger partial charge in [-0.2, -0.15) is 14.6 Å². The summed E-state index contributed by atoms with van der Waals surface area (Å²) in [6.07, 6.45) is 0. The normalized spacial score (nSPS) is 10.2. The van der Waals surface area contributed by atoms with E-state index in [2.05, 4.69) is 32.4 Å². The smallest absolute Gasteiger partial charge is 0.244 e. The summed E-state index contributed by atoms with van der Waals surface area (Å²) in [7, 11) is 1.52. The average molecular weight is 294 g/mol. The van der Waals surface area contributed by atoms with Crippen LogP contribution in [0.2, 0.25) is 0 Å². The molecule has 6 nitrogen and oxygen atoms in total. The lowest BCUT2D eigenvalue weighted by Crippen LogP contribution is -2.22. The second-order valence-corrected chi connectivity index (χ2v) is 3.91. The number of aryl methyl sites for hydroxylation is 1. The number of nitriles is 1. The van der Waals surface area contributed by atoms with Crippen LogP contribution in [0.5, 0.6) is 0 Å². The lowest BCUT2D eigenvalue weighted by molar-refractivity contribution is 0.692. The van der Waals surface area contributed by atoms with Gasteiger partial charge in [-0.05, 0) is 22.6 Å². The summed E-state index contributed by atoms with van der Waals surface area (Å²) in [5, 5.41) is 16.9. The predicted octanol–water partition coefficient (Wildman–Crippen LogP) is 0.733. The molecule has 1 aromatic carbocycles. The summed E-state index contributed by atoms with van der Waals surface area (Å²) in [6, 6.07) is 7.22. The number of hydrogen-bond acceptors (Lipinski definition) is 4. The van der Waals surface area contributed by atoms with Crippen molar-refractivity contribution in [3.8, 4) is 11.8 Å². The highest BCUT2D eigenvalue weighted by Gasteiger charge is 2.13. The standard InChI is InChI=1S/C10H8BrN5O/c1-15-10(17)16(14-13-15)9-4-2-3-7(6-12)8(9)5-11/h2-4H,5H2,1H3. The molecule has 17 heavy (non-hydrogen) atoms. The first-order valence-corrected chi connectivity index (χ1v) is 5.88. The molecule has 0 unspecified atom stereocenters. The fourth-order valence-corrected chi connectivity index (χ4v) is 2.07. The molecule has 2 aromatic rings. The van der Waals surface area contributed by atoms with Gasteiger partial charge in [0.25, 0.3) is 0 Å². The predicted molar refractivity (Wildman–Crippen MR) is 63.9 cm³/mol. The molecule has 0 aliphatic rings. The minimum Gasteiger partial charge on any atom is -0.244 e. The van der Waals surface area contributed by atoms with Gasteiger partial charge in [-0.15, -0.1) is 0 Å². The van der Waals surface area contributed by atoms with E-state index in [4.69, 9.17) is 5.26 Å². The third kappa shape index (κ3) is 1.87. The monoisotopic (exact) mass is 293 g/mol. The minimum absolute atomic E-state index is 0.345. The van der Waals surface area contributed by atoms with Gasteiger partial charge in [0.05, 0.1) is 17.3 Å². The lowest BCUT2D eigenvalue weighted by Gasteiger charge is -2.06. The summed E-state index contributed by atoms with van der Waals surface area (Å²) in [5.41, 5.74) is 1.45. The Hall–Kier alpha value is -1.94. The van der Waals surface area contributed by atoms with Gasteiger partial charge in [-0.25, -0.2) is 4.79 Å². The molecule has 2 rings (SSSR count). The van der Waals surface area contributed by atoms with E-state index in [0.717, 1.165) is 10.2 Å². The zero-order chi connectivity index (χ0) is 12.4. The van der Waals surface area contributed by atoms with Gasteiger partial charge in [0.2, 0.25) is 0 Å². The zero-order valence-corrected chi connectivity index (χ0v) is 10.5. The number of rotatable bonds is 2. The van der Waals surface area contributed by atoms with Crippen LogP contribution >= 0.6 is 15.9 Å². The van der Waals surface area contributed by atoms with Crippen LogP contribution in [0.1, 0.15) is 11.1 Å². The Labute approximate surface area is 105 Å². The van der Waals surface area contributed by atoms with E-state index in [-0.39, 0.29) is 5.69 Å². The van der Waals surface area contributed by atoms with Gasteiger partial charge in [-0.1, -0.05) is 22.0 Å². The van der Waals surface area contributed by atoms with Crippen LogP contribution in [0, 0.1) is 11.3 Å². The summed E-state index contributed by atoms with van der Waals surface area (Å²) in [5.74, 6) is 0. The van der Waals surface area contributed by atoms with Gasteiger partial charge in [0, 0.05) is 17.9 Å². The first-order chi connectivity index (χ1) is 8.19. The molecule has 0 spiro atoms. The highest BCUT2D eigenvalue weighted by atomic mass is 79.9. The van der Waals surface area contributed by atoms with E-state index in [1.807, 2.05) is 0 Å². The summed E-state index contributed by atoms with van der Waals surface area (Å²) >= 11 is 3.31. The van der Waals surface area contributed by atoms with Gasteiger partial charge in [-0.3, -0.25) is 0 Å². The molecule has 1 heterocycles. The summed E-state index contributed by atoms with van der Waals surface area (Å²) in [4.78, 5) is 11.7. The third-order valence-electron chi connectivity index (χ3n) is 2.36. The number of benzene rings is 1. The number of aromatic nitrogens is 4. The van der Waals surface area contributed by atoms with Crippen molar-refractivity contribution in [2.24, 2.45) is 7.05 Å². The maximum absolute atomic E-state index is 11.7. The van der Waals surface area contributed by atoms with E-state index in [1.165, 1.54) is 11.7 Å². The largest absolute Gasteiger partial charge is 0.368 e. The van der Waals surface area contributed by atoms with E-state index in [1.54, 1.807) is 18.2 Å². The van der Waals surface area contributed by atoms with Crippen molar-refractivity contribution in [2.45, 2.75) is 5.33 Å². The Morgan fingerprint density at radius 3 is 2.76 bits per heavy atom. The second kappa shape index (κ2) is 4.51. The minimum atomic E-state index is -0.345. The van der Waals surface area contributed by atoms with Crippen LogP contribution < -0.4 is 5.69 Å². The van der Waals surface area contributed by atoms with E-state index in [9.17, 15) is 4.79 Å². The Bertz CT molecular complexity index is 651. The maximum Gasteiger partial charge on any atom is 0.368 e. The fraction of sp³-hybridized carbons (Fsp3) is 0.200. The fourth-order valence-electron chi connectivity index (χ4n) is 1.48. The van der Waals surface area contributed by atoms with Crippen LogP contribution in [0.3, 0.4) is 0 Å². The quantitative estimate of drug-likeness (QED) is 0.765. The molecule has 0 atom stereocenters. The molecule has 0 fully saturated rings. The Morgan fingerprint density at radius 2 is 2.24 bits per heavy atom. The molecule has 0 bridgehead atoms. The highest BCUT2D eigenvalue weighted by molar-refractivity contribution is 9.08. The molecule has 1 aromatic heterocycles. The number of hydrogen-bond donors (Lipinski definition) is 0. The van der Waals surface area contributed by atoms with Crippen LogP contribution in [0.15, 0.2) is 23.0 Å². The van der Waals surface area contributed by atoms with Crippen molar-refractivity contribution < 1.29 is 0 Å². The van der Waals surface area contributed by atoms with Crippen molar-refractivity contribution in [1.29, 1.82) is 5.26 Å². The van der Waals surface area contributed by atoms with Crippen LogP contribution in [0.4, 0.5) is 0 Å².